The largest absolute Gasteiger partial charge is 0.412 e. The fourth-order valence-electron chi connectivity index (χ4n) is 0.200. The first kappa shape index (κ1) is 7.53. The summed E-state index contributed by atoms with van der Waals surface area (Å²) in [6.45, 7) is 4.25. The van der Waals surface area contributed by atoms with E-state index in [0.29, 0.717) is 0 Å². The highest BCUT2D eigenvalue weighted by Crippen LogP contribution is 2.25. The standard InChI is InChI=1S/C5H7F3/c1-3-4(2)5(6,7)8/h2-3H2,1H3. The number of rotatable bonds is 1. The minimum atomic E-state index is -4.19. The first-order chi connectivity index (χ1) is 3.48. The molecule has 0 amide bonds. The van der Waals surface area contributed by atoms with Crippen molar-refractivity contribution in [2.75, 3.05) is 0 Å². The molecule has 48 valence electrons. The van der Waals surface area contributed by atoms with E-state index >= 15 is 0 Å². The molecule has 0 aromatic rings. The van der Waals surface area contributed by atoms with Crippen molar-refractivity contribution in [3.05, 3.63) is 12.2 Å². The third-order valence-electron chi connectivity index (χ3n) is 0.828. The van der Waals surface area contributed by atoms with Crippen LogP contribution in [0.2, 0.25) is 0 Å². The third kappa shape index (κ3) is 2.00. The molecule has 0 heterocycles. The molecular formula is C5H7F3. The van der Waals surface area contributed by atoms with Crippen LogP contribution in [0.15, 0.2) is 12.2 Å². The molecule has 0 bridgehead atoms. The molecule has 0 aliphatic heterocycles. The molecule has 8 heavy (non-hydrogen) atoms. The molecule has 0 aromatic heterocycles. The molecule has 0 fully saturated rings. The Hall–Kier alpha value is -0.470. The van der Waals surface area contributed by atoms with Gasteiger partial charge in [-0.3, -0.25) is 0 Å². The Morgan fingerprint density at radius 2 is 1.88 bits per heavy atom. The Morgan fingerprint density at radius 3 is 1.88 bits per heavy atom. The molecule has 0 saturated carbocycles. The molecule has 0 N–H and O–H groups in total. The van der Waals surface area contributed by atoms with E-state index in [4.69, 9.17) is 0 Å². The molecule has 0 aromatic carbocycles. The van der Waals surface area contributed by atoms with Gasteiger partial charge in [0.2, 0.25) is 0 Å². The van der Waals surface area contributed by atoms with Gasteiger partial charge in [-0.15, -0.1) is 0 Å². The fourth-order valence-corrected chi connectivity index (χ4v) is 0.200. The van der Waals surface area contributed by atoms with Gasteiger partial charge in [-0.05, 0) is 6.42 Å². The minimum Gasteiger partial charge on any atom is -0.167 e. The highest BCUT2D eigenvalue weighted by atomic mass is 19.4. The van der Waals surface area contributed by atoms with Crippen LogP contribution in [0.1, 0.15) is 13.3 Å². The van der Waals surface area contributed by atoms with Crippen LogP contribution in [-0.2, 0) is 0 Å². The summed E-state index contributed by atoms with van der Waals surface area (Å²) < 4.78 is 34.0. The maximum atomic E-state index is 11.3. The van der Waals surface area contributed by atoms with Crippen molar-refractivity contribution in [3.8, 4) is 0 Å². The van der Waals surface area contributed by atoms with Gasteiger partial charge in [0.15, 0.2) is 0 Å². The zero-order chi connectivity index (χ0) is 6.78. The molecular weight excluding hydrogens is 117 g/mol. The quantitative estimate of drug-likeness (QED) is 0.471. The van der Waals surface area contributed by atoms with Crippen molar-refractivity contribution in [2.24, 2.45) is 0 Å². The summed E-state index contributed by atoms with van der Waals surface area (Å²) in [6, 6.07) is 0. The molecule has 0 rings (SSSR count). The second-order valence-electron chi connectivity index (χ2n) is 1.45. The predicted octanol–water partition coefficient (Wildman–Crippen LogP) is 2.51. The van der Waals surface area contributed by atoms with E-state index in [1.54, 1.807) is 0 Å². The van der Waals surface area contributed by atoms with Crippen molar-refractivity contribution in [3.63, 3.8) is 0 Å². The second-order valence-corrected chi connectivity index (χ2v) is 1.45. The van der Waals surface area contributed by atoms with E-state index in [-0.39, 0.29) is 6.42 Å². The fraction of sp³-hybridized carbons (Fsp3) is 0.600. The van der Waals surface area contributed by atoms with E-state index in [9.17, 15) is 13.2 Å². The van der Waals surface area contributed by atoms with Gasteiger partial charge in [-0.1, -0.05) is 13.5 Å². The first-order valence-electron chi connectivity index (χ1n) is 2.23. The lowest BCUT2D eigenvalue weighted by atomic mass is 10.2. The summed E-state index contributed by atoms with van der Waals surface area (Å²) in [4.78, 5) is 0. The van der Waals surface area contributed by atoms with Crippen LogP contribution < -0.4 is 0 Å². The minimum absolute atomic E-state index is 0.0243. The van der Waals surface area contributed by atoms with E-state index in [2.05, 4.69) is 6.58 Å². The SMILES string of the molecule is C=C(CC)C(F)(F)F. The average molecular weight is 124 g/mol. The van der Waals surface area contributed by atoms with Crippen LogP contribution in [0, 0.1) is 0 Å². The van der Waals surface area contributed by atoms with Gasteiger partial charge in [0.25, 0.3) is 0 Å². The van der Waals surface area contributed by atoms with Crippen LogP contribution in [0.5, 0.6) is 0 Å². The van der Waals surface area contributed by atoms with Gasteiger partial charge < -0.3 is 0 Å². The summed E-state index contributed by atoms with van der Waals surface area (Å²) in [6.07, 6.45) is -4.21. The van der Waals surface area contributed by atoms with E-state index < -0.39 is 11.7 Å². The highest BCUT2D eigenvalue weighted by molar-refractivity contribution is 5.00. The lowest BCUT2D eigenvalue weighted by molar-refractivity contribution is -0.0931. The Bertz CT molecular complexity index is 90.3. The zero-order valence-electron chi connectivity index (χ0n) is 4.55. The number of hydrogen-bond donors (Lipinski definition) is 0. The lowest BCUT2D eigenvalue weighted by Crippen LogP contribution is -2.09. The van der Waals surface area contributed by atoms with E-state index in [1.807, 2.05) is 0 Å². The Kier molecular flexibility index (Phi) is 2.07. The van der Waals surface area contributed by atoms with E-state index in [1.165, 1.54) is 6.92 Å². The molecule has 0 aliphatic carbocycles. The Labute approximate surface area is 46.0 Å². The van der Waals surface area contributed by atoms with Gasteiger partial charge in [0.05, 0.1) is 0 Å². The third-order valence-corrected chi connectivity index (χ3v) is 0.828. The van der Waals surface area contributed by atoms with Gasteiger partial charge in [0, 0.05) is 5.57 Å². The summed E-state index contributed by atoms with van der Waals surface area (Å²) in [5.74, 6) is 0. The molecule has 0 saturated heterocycles. The summed E-state index contributed by atoms with van der Waals surface area (Å²) in [7, 11) is 0. The van der Waals surface area contributed by atoms with Crippen molar-refractivity contribution >= 4 is 0 Å². The normalized spacial score (nSPS) is 11.5. The number of hydrogen-bond acceptors (Lipinski definition) is 0. The number of alkyl halides is 3. The van der Waals surface area contributed by atoms with Crippen LogP contribution in [-0.4, -0.2) is 6.18 Å². The molecule has 0 aliphatic rings. The number of halogens is 3. The summed E-state index contributed by atoms with van der Waals surface area (Å²) in [5.41, 5.74) is -0.669. The Morgan fingerprint density at radius 1 is 1.50 bits per heavy atom. The topological polar surface area (TPSA) is 0 Å². The average Bonchev–Trinajstić information content (AvgIpc) is 1.62. The van der Waals surface area contributed by atoms with Gasteiger partial charge >= 0.3 is 6.18 Å². The monoisotopic (exact) mass is 124 g/mol. The van der Waals surface area contributed by atoms with Crippen LogP contribution in [0.3, 0.4) is 0 Å². The van der Waals surface area contributed by atoms with Gasteiger partial charge in [-0.25, -0.2) is 0 Å². The molecule has 3 heteroatoms. The molecule has 0 nitrogen and oxygen atoms in total. The summed E-state index contributed by atoms with van der Waals surface area (Å²) >= 11 is 0. The lowest BCUT2D eigenvalue weighted by Gasteiger charge is -2.05. The van der Waals surface area contributed by atoms with Gasteiger partial charge in [-0.2, -0.15) is 13.2 Å². The molecule has 0 atom stereocenters. The second kappa shape index (κ2) is 2.20. The predicted molar refractivity (Wildman–Crippen MR) is 25.5 cm³/mol. The van der Waals surface area contributed by atoms with Crippen molar-refractivity contribution in [1.29, 1.82) is 0 Å². The summed E-state index contributed by atoms with van der Waals surface area (Å²) in [5, 5.41) is 0. The van der Waals surface area contributed by atoms with Gasteiger partial charge in [0.1, 0.15) is 0 Å². The first-order valence-corrected chi connectivity index (χ1v) is 2.23. The smallest absolute Gasteiger partial charge is 0.167 e. The van der Waals surface area contributed by atoms with E-state index in [0.717, 1.165) is 0 Å². The maximum Gasteiger partial charge on any atom is 0.412 e. The van der Waals surface area contributed by atoms with Crippen molar-refractivity contribution in [2.45, 2.75) is 19.5 Å². The molecule has 0 radical (unpaired) electrons. The zero-order valence-corrected chi connectivity index (χ0v) is 4.55. The molecule has 0 spiro atoms. The van der Waals surface area contributed by atoms with Crippen molar-refractivity contribution in [1.82, 2.24) is 0 Å². The van der Waals surface area contributed by atoms with Crippen LogP contribution in [0.25, 0.3) is 0 Å². The van der Waals surface area contributed by atoms with Crippen LogP contribution in [0.4, 0.5) is 13.2 Å². The number of allylic oxidation sites excluding steroid dienone is 1. The highest BCUT2D eigenvalue weighted by Gasteiger charge is 2.29. The Balaban J connectivity index is 3.82. The van der Waals surface area contributed by atoms with Crippen molar-refractivity contribution < 1.29 is 13.2 Å². The van der Waals surface area contributed by atoms with Crippen LogP contribution >= 0.6 is 0 Å². The molecule has 0 unspecified atom stereocenters. The maximum absolute atomic E-state index is 11.3.